The Bertz CT molecular complexity index is 2110. The minimum Gasteiger partial charge on any atom is -0.481 e. The lowest BCUT2D eigenvalue weighted by molar-refractivity contribution is -0.137. The molecule has 2 N–H and O–H groups in total. The molecule has 6 rings (SSSR count). The summed E-state index contributed by atoms with van der Waals surface area (Å²) in [5.74, 6) is -1.52. The van der Waals surface area contributed by atoms with Crippen LogP contribution in [0.5, 0.6) is 0 Å². The Kier molecular flexibility index (Phi) is 11.3. The summed E-state index contributed by atoms with van der Waals surface area (Å²) in [5, 5.41) is 24.4. The fourth-order valence-electron chi connectivity index (χ4n) is 7.67. The molecule has 1 unspecified atom stereocenters. The monoisotopic (exact) mass is 814 g/mol. The Balaban J connectivity index is 1.28. The van der Waals surface area contributed by atoms with E-state index in [4.69, 9.17) is 11.6 Å². The van der Waals surface area contributed by atoms with Gasteiger partial charge in [-0.1, -0.05) is 111 Å². The number of anilines is 2. The van der Waals surface area contributed by atoms with Crippen molar-refractivity contribution in [2.45, 2.75) is 70.6 Å². The number of nitrogens with zero attached hydrogens (tertiary/aromatic N) is 2. The summed E-state index contributed by atoms with van der Waals surface area (Å²) in [6.45, 7) is 7.52. The zero-order valence-corrected chi connectivity index (χ0v) is 32.2. The first kappa shape index (κ1) is 36.7. The van der Waals surface area contributed by atoms with Crippen molar-refractivity contribution in [1.82, 2.24) is 0 Å². The third kappa shape index (κ3) is 7.90. The van der Waals surface area contributed by atoms with Gasteiger partial charge in [-0.3, -0.25) is 9.59 Å². The summed E-state index contributed by atoms with van der Waals surface area (Å²) in [4.78, 5) is 25.2. The average molecular weight is 815 g/mol. The van der Waals surface area contributed by atoms with Crippen molar-refractivity contribution in [3.63, 3.8) is 0 Å². The molecule has 4 aromatic carbocycles. The molecule has 0 spiro atoms. The predicted molar refractivity (Wildman–Crippen MR) is 219 cm³/mol. The molecule has 6 nitrogen and oxygen atoms in total. The Labute approximate surface area is 319 Å². The summed E-state index contributed by atoms with van der Waals surface area (Å²) >= 11 is 9.37. The van der Waals surface area contributed by atoms with E-state index < -0.39 is 11.9 Å². The highest BCUT2D eigenvalue weighted by atomic mass is 127. The zero-order chi connectivity index (χ0) is 36.3. The molecule has 1 aliphatic heterocycles. The quantitative estimate of drug-likeness (QED) is 0.110. The summed E-state index contributed by atoms with van der Waals surface area (Å²) in [5.41, 5.74) is 7.60. The number of hydrogen-bond acceptors (Lipinski definition) is 4. The number of carboxylic acid groups (broad SMARTS) is 2. The first-order valence-electron chi connectivity index (χ1n) is 17.6. The average Bonchev–Trinajstić information content (AvgIpc) is 3.39. The lowest BCUT2D eigenvalue weighted by Gasteiger charge is -2.31. The number of rotatable bonds is 12. The van der Waals surface area contributed by atoms with Crippen LogP contribution in [0, 0.1) is 0 Å². The fourth-order valence-corrected chi connectivity index (χ4v) is 8.62. The molecule has 1 heterocycles. The van der Waals surface area contributed by atoms with Crippen LogP contribution in [-0.4, -0.2) is 35.2 Å². The van der Waals surface area contributed by atoms with Crippen LogP contribution in [0.3, 0.4) is 0 Å². The highest BCUT2D eigenvalue weighted by Gasteiger charge is 2.32. The van der Waals surface area contributed by atoms with Gasteiger partial charge in [0.25, 0.3) is 0 Å². The van der Waals surface area contributed by atoms with Crippen molar-refractivity contribution in [2.24, 2.45) is 0 Å². The van der Waals surface area contributed by atoms with Crippen LogP contribution in [-0.2, 0) is 15.0 Å². The second-order valence-corrected chi connectivity index (χ2v) is 15.7. The number of halogens is 2. The Hall–Kier alpha value is -4.08. The van der Waals surface area contributed by atoms with Gasteiger partial charge >= 0.3 is 11.9 Å². The van der Waals surface area contributed by atoms with Gasteiger partial charge in [0.1, 0.15) is 0 Å². The maximum atomic E-state index is 11.6. The highest BCUT2D eigenvalue weighted by molar-refractivity contribution is 14.1. The number of fused-ring (bicyclic) bond motifs is 4. The van der Waals surface area contributed by atoms with E-state index in [0.29, 0.717) is 13.1 Å². The molecule has 0 bridgehead atoms. The Morgan fingerprint density at radius 3 is 2.31 bits per heavy atom. The van der Waals surface area contributed by atoms with E-state index in [1.165, 1.54) is 27.3 Å². The summed E-state index contributed by atoms with van der Waals surface area (Å²) < 4.78 is 2.03. The Morgan fingerprint density at radius 2 is 1.59 bits per heavy atom. The van der Waals surface area contributed by atoms with Gasteiger partial charge < -0.3 is 18.2 Å². The van der Waals surface area contributed by atoms with E-state index in [2.05, 4.69) is 134 Å². The molecule has 0 saturated carbocycles. The molecule has 2 aliphatic rings. The maximum Gasteiger partial charge on any atom is 0.305 e. The topological polar surface area (TPSA) is 81.1 Å². The molecule has 8 heteroatoms. The fraction of sp³-hybridized carbons (Fsp3) is 0.302. The van der Waals surface area contributed by atoms with Crippen LogP contribution in [0.15, 0.2) is 119 Å². The van der Waals surface area contributed by atoms with Gasteiger partial charge in [-0.2, -0.15) is 0 Å². The smallest absolute Gasteiger partial charge is 0.305 e. The predicted octanol–water partition coefficient (Wildman–Crippen LogP) is 11.4. The molecule has 0 amide bonds. The summed E-state index contributed by atoms with van der Waals surface area (Å²) in [6, 6.07) is 25.2. The minimum absolute atomic E-state index is 0.0529. The van der Waals surface area contributed by atoms with Crippen LogP contribution in [0.1, 0.15) is 76.3 Å². The van der Waals surface area contributed by atoms with Crippen LogP contribution in [0.2, 0.25) is 0 Å². The van der Waals surface area contributed by atoms with Crippen molar-refractivity contribution in [2.75, 3.05) is 21.1 Å². The molecule has 1 aliphatic carbocycles. The van der Waals surface area contributed by atoms with E-state index in [0.717, 1.165) is 64.3 Å². The molecule has 1 atom stereocenters. The number of hydrogen-bond donors (Lipinski definition) is 2. The molecule has 264 valence electrons. The summed E-state index contributed by atoms with van der Waals surface area (Å²) in [6.07, 6.45) is 12.4. The highest BCUT2D eigenvalue weighted by Crippen LogP contribution is 2.47. The van der Waals surface area contributed by atoms with E-state index in [-0.39, 0.29) is 24.2 Å². The van der Waals surface area contributed by atoms with Crippen molar-refractivity contribution in [1.29, 1.82) is 0 Å². The van der Waals surface area contributed by atoms with Crippen LogP contribution in [0.4, 0.5) is 11.4 Å². The van der Waals surface area contributed by atoms with Gasteiger partial charge in [-0.05, 0) is 93.1 Å². The first-order chi connectivity index (χ1) is 24.5. The lowest BCUT2D eigenvalue weighted by Crippen LogP contribution is -2.23. The van der Waals surface area contributed by atoms with Crippen LogP contribution < -0.4 is 8.01 Å². The number of aliphatic carboxylic acids is 2. The van der Waals surface area contributed by atoms with E-state index in [9.17, 15) is 19.8 Å². The standard InChI is InChI=1S/C43H44ClIN2O4/c1-28-35(46(26-23-38(48)49)36-21-17-29-10-4-6-15-33(29)40(28)36)20-19-32-13-8-12-31(42(32)44)14-9-25-43(2,3)41-34-16-7-5-11-30(34)18-22-37(41)47(45)27-24-39(50)51/h4-7,9-11,14-22,28H,8,12-13,23-27H2,1-3H3,(H,48,49)(H,50,51)/b14-9+,32-19+,35-20+. The van der Waals surface area contributed by atoms with Crippen molar-refractivity contribution >= 4 is 79.3 Å². The molecule has 4 aromatic rings. The van der Waals surface area contributed by atoms with Gasteiger partial charge in [-0.15, -0.1) is 0 Å². The first-order valence-corrected chi connectivity index (χ1v) is 18.9. The molecule has 0 radical (unpaired) electrons. The van der Waals surface area contributed by atoms with E-state index >= 15 is 0 Å². The van der Waals surface area contributed by atoms with Crippen molar-refractivity contribution in [3.05, 3.63) is 130 Å². The third-order valence-corrected chi connectivity index (χ3v) is 11.7. The van der Waals surface area contributed by atoms with E-state index in [1.54, 1.807) is 0 Å². The SMILES string of the molecule is CC1/C(=C\C=C2/CCCC(/C=C/CC(C)(C)c3c(N(I)CCC(=O)O)ccc4ccccc34)=C2Cl)N(CCC(=O)O)c2ccc3ccccc3c21. The van der Waals surface area contributed by atoms with Gasteiger partial charge in [0.2, 0.25) is 0 Å². The second kappa shape index (κ2) is 15.7. The lowest BCUT2D eigenvalue weighted by atomic mass is 9.77. The molecular formula is C43H44ClIN2O4. The number of benzene rings is 4. The second-order valence-electron chi connectivity index (χ2n) is 14.1. The van der Waals surface area contributed by atoms with E-state index in [1.807, 2.05) is 15.2 Å². The van der Waals surface area contributed by atoms with Crippen molar-refractivity contribution in [3.8, 4) is 0 Å². The third-order valence-electron chi connectivity index (χ3n) is 10.2. The van der Waals surface area contributed by atoms with Crippen LogP contribution >= 0.6 is 34.5 Å². The number of carboxylic acids is 2. The van der Waals surface area contributed by atoms with Gasteiger partial charge in [0.05, 0.1) is 41.4 Å². The van der Waals surface area contributed by atoms with Gasteiger partial charge in [0.15, 0.2) is 0 Å². The van der Waals surface area contributed by atoms with Crippen molar-refractivity contribution < 1.29 is 19.8 Å². The number of allylic oxidation sites excluding steroid dienone is 8. The maximum absolute atomic E-state index is 11.6. The van der Waals surface area contributed by atoms with Crippen LogP contribution in [0.25, 0.3) is 21.5 Å². The zero-order valence-electron chi connectivity index (χ0n) is 29.3. The molecule has 51 heavy (non-hydrogen) atoms. The Morgan fingerprint density at radius 1 is 0.922 bits per heavy atom. The minimum atomic E-state index is -0.811. The summed E-state index contributed by atoms with van der Waals surface area (Å²) in [7, 11) is 0. The molecule has 0 aromatic heterocycles. The largest absolute Gasteiger partial charge is 0.481 e. The molecular weight excluding hydrogens is 771 g/mol. The normalized spacial score (nSPS) is 18.1. The molecule has 0 saturated heterocycles. The number of carbonyl (C=O) groups is 2. The van der Waals surface area contributed by atoms with Gasteiger partial charge in [-0.25, -0.2) is 0 Å². The van der Waals surface area contributed by atoms with Gasteiger partial charge in [0, 0.05) is 35.4 Å². The molecule has 0 fully saturated rings.